The number of hydrogen-bond donors (Lipinski definition) is 2. The average Bonchev–Trinajstić information content (AvgIpc) is 2.89. The molecule has 1 saturated heterocycles. The fourth-order valence-corrected chi connectivity index (χ4v) is 2.65. The second-order valence-electron chi connectivity index (χ2n) is 5.29. The number of nitrogens with zero attached hydrogens (tertiary/aromatic N) is 3. The molecule has 2 N–H and O–H groups in total. The van der Waals surface area contributed by atoms with Crippen molar-refractivity contribution < 1.29 is 14.4 Å². The molecule has 0 aliphatic carbocycles. The molecular formula is C14H25N5O3S. The lowest BCUT2D eigenvalue weighted by Gasteiger charge is -2.41. The highest BCUT2D eigenvalue weighted by atomic mass is 32.1. The molecule has 8 nitrogen and oxygen atoms in total. The second kappa shape index (κ2) is 8.80. The standard InChI is InChI=1S/C10H17N3O3.C4H8N2S/c1-4-10(16)13-6-11(8(2)14)5-12(7-13)9(3)15;1-3-5-6-4(2)7-3/h4-7H2,1-3H3;5-6H,1-2H3. The van der Waals surface area contributed by atoms with Crippen LogP contribution in [0.15, 0.2) is 0 Å². The Kier molecular flexibility index (Phi) is 7.40. The van der Waals surface area contributed by atoms with Crippen molar-refractivity contribution in [2.75, 3.05) is 20.0 Å². The van der Waals surface area contributed by atoms with Crippen LogP contribution in [0.25, 0.3) is 0 Å². The largest absolute Gasteiger partial charge is 0.307 e. The maximum Gasteiger partial charge on any atom is 0.225 e. The predicted molar refractivity (Wildman–Crippen MR) is 92.0 cm³/mol. The lowest BCUT2D eigenvalue weighted by atomic mass is 10.3. The van der Waals surface area contributed by atoms with Gasteiger partial charge in [0.2, 0.25) is 17.7 Å². The second-order valence-corrected chi connectivity index (χ2v) is 6.72. The topological polar surface area (TPSA) is 85.0 Å². The third-order valence-corrected chi connectivity index (χ3v) is 4.11. The Balaban J connectivity index is 0.000000313. The zero-order valence-corrected chi connectivity index (χ0v) is 15.1. The van der Waals surface area contributed by atoms with Gasteiger partial charge < -0.3 is 14.7 Å². The highest BCUT2D eigenvalue weighted by Crippen LogP contribution is 2.09. The molecule has 0 aromatic carbocycles. The van der Waals surface area contributed by atoms with E-state index in [1.54, 1.807) is 17.9 Å². The van der Waals surface area contributed by atoms with E-state index in [0.717, 1.165) is 0 Å². The van der Waals surface area contributed by atoms with Crippen LogP contribution in [0, 0.1) is 0 Å². The molecule has 0 radical (unpaired) electrons. The Morgan fingerprint density at radius 2 is 1.30 bits per heavy atom. The molecule has 2 aliphatic heterocycles. The minimum absolute atomic E-state index is 0.0581. The average molecular weight is 343 g/mol. The van der Waals surface area contributed by atoms with Crippen molar-refractivity contribution in [2.45, 2.75) is 41.0 Å². The molecule has 2 heterocycles. The molecule has 2 rings (SSSR count). The van der Waals surface area contributed by atoms with Crippen LogP contribution in [0.4, 0.5) is 0 Å². The fraction of sp³-hybridized carbons (Fsp3) is 0.643. The molecule has 0 saturated carbocycles. The van der Waals surface area contributed by atoms with E-state index in [0.29, 0.717) is 6.42 Å². The van der Waals surface area contributed by atoms with Gasteiger partial charge in [0, 0.05) is 20.3 Å². The van der Waals surface area contributed by atoms with Gasteiger partial charge in [-0.2, -0.15) is 0 Å². The van der Waals surface area contributed by atoms with Gasteiger partial charge in [0.15, 0.2) is 0 Å². The summed E-state index contributed by atoms with van der Waals surface area (Å²) in [6.45, 7) is 9.49. The first-order chi connectivity index (χ1) is 10.7. The smallest absolute Gasteiger partial charge is 0.225 e. The summed E-state index contributed by atoms with van der Waals surface area (Å²) in [6, 6.07) is 0. The Morgan fingerprint density at radius 3 is 1.57 bits per heavy atom. The third kappa shape index (κ3) is 6.12. The third-order valence-electron chi connectivity index (χ3n) is 3.29. The van der Waals surface area contributed by atoms with Gasteiger partial charge in [-0.05, 0) is 13.8 Å². The lowest BCUT2D eigenvalue weighted by molar-refractivity contribution is -0.156. The molecule has 3 amide bonds. The van der Waals surface area contributed by atoms with Crippen LogP contribution < -0.4 is 10.9 Å². The van der Waals surface area contributed by atoms with Gasteiger partial charge in [-0.1, -0.05) is 6.92 Å². The van der Waals surface area contributed by atoms with E-state index in [2.05, 4.69) is 10.9 Å². The van der Waals surface area contributed by atoms with Crippen molar-refractivity contribution in [1.29, 1.82) is 0 Å². The van der Waals surface area contributed by atoms with Crippen LogP contribution >= 0.6 is 10.9 Å². The molecule has 23 heavy (non-hydrogen) atoms. The number of hydrazine groups is 1. The summed E-state index contributed by atoms with van der Waals surface area (Å²) in [5.41, 5.74) is 5.92. The zero-order valence-electron chi connectivity index (χ0n) is 14.3. The first-order valence-electron chi connectivity index (χ1n) is 7.40. The summed E-state index contributed by atoms with van der Waals surface area (Å²) in [4.78, 5) is 41.0. The van der Waals surface area contributed by atoms with E-state index in [4.69, 9.17) is 0 Å². The molecule has 0 spiro atoms. The molecule has 1 fully saturated rings. The van der Waals surface area contributed by atoms with Crippen LogP contribution in [-0.2, 0) is 14.4 Å². The highest BCUT2D eigenvalue weighted by molar-refractivity contribution is 7.98. The molecule has 0 atom stereocenters. The van der Waals surface area contributed by atoms with E-state index in [1.165, 1.54) is 38.5 Å². The highest BCUT2D eigenvalue weighted by Gasteiger charge is 2.28. The molecule has 9 heteroatoms. The summed E-state index contributed by atoms with van der Waals surface area (Å²) in [7, 11) is 1.73. The molecule has 0 aromatic rings. The van der Waals surface area contributed by atoms with Gasteiger partial charge in [0.1, 0.15) is 0 Å². The van der Waals surface area contributed by atoms with E-state index in [9.17, 15) is 14.4 Å². The molecule has 2 aliphatic rings. The number of rotatable bonds is 1. The van der Waals surface area contributed by atoms with Crippen molar-refractivity contribution in [3.63, 3.8) is 0 Å². The van der Waals surface area contributed by atoms with Gasteiger partial charge in [-0.15, -0.1) is 10.9 Å². The van der Waals surface area contributed by atoms with Crippen LogP contribution in [0.5, 0.6) is 0 Å². The minimum Gasteiger partial charge on any atom is -0.307 e. The molecule has 130 valence electrons. The Labute approximate surface area is 140 Å². The van der Waals surface area contributed by atoms with Crippen molar-refractivity contribution in [2.24, 2.45) is 0 Å². The number of nitrogens with one attached hydrogen (secondary N) is 2. The number of hydrogen-bond acceptors (Lipinski definition) is 5. The summed E-state index contributed by atoms with van der Waals surface area (Å²) >= 11 is 0. The molecular weight excluding hydrogens is 318 g/mol. The van der Waals surface area contributed by atoms with Crippen LogP contribution in [0.1, 0.15) is 41.0 Å². The monoisotopic (exact) mass is 343 g/mol. The van der Waals surface area contributed by atoms with Crippen LogP contribution in [0.2, 0.25) is 0 Å². The number of carbonyl (C=O) groups is 3. The van der Waals surface area contributed by atoms with E-state index in [-0.39, 0.29) is 37.7 Å². The summed E-state index contributed by atoms with van der Waals surface area (Å²) in [5.74, 6) is -0.336. The molecule has 0 unspecified atom stereocenters. The van der Waals surface area contributed by atoms with Crippen LogP contribution in [0.3, 0.4) is 0 Å². The Morgan fingerprint density at radius 1 is 0.913 bits per heavy atom. The maximum absolute atomic E-state index is 11.6. The summed E-state index contributed by atoms with van der Waals surface area (Å²) < 4.78 is 0. The van der Waals surface area contributed by atoms with Gasteiger partial charge in [0.25, 0.3) is 0 Å². The SMILES string of the molecule is CC1=S=C(C)NN1.CCC(=O)N1CN(C(C)=O)CN(C(C)=O)C1. The van der Waals surface area contributed by atoms with E-state index in [1.807, 2.05) is 13.8 Å². The minimum atomic E-state index is -0.139. The quantitative estimate of drug-likeness (QED) is 0.652. The molecule has 0 bridgehead atoms. The number of carbonyl (C=O) groups excluding carboxylic acids is 3. The fourth-order valence-electron chi connectivity index (χ4n) is 1.99. The normalized spacial score (nSPS) is 17.5. The Hall–Kier alpha value is -1.71. The zero-order chi connectivity index (χ0) is 17.6. The van der Waals surface area contributed by atoms with Gasteiger partial charge in [0.05, 0.1) is 30.0 Å². The van der Waals surface area contributed by atoms with Crippen molar-refractivity contribution in [1.82, 2.24) is 25.6 Å². The van der Waals surface area contributed by atoms with E-state index < -0.39 is 0 Å². The first kappa shape index (κ1) is 19.3. The van der Waals surface area contributed by atoms with Gasteiger partial charge >= 0.3 is 0 Å². The first-order valence-corrected chi connectivity index (χ1v) is 8.22. The van der Waals surface area contributed by atoms with E-state index >= 15 is 0 Å². The summed E-state index contributed by atoms with van der Waals surface area (Å²) in [6.07, 6.45) is 0.373. The van der Waals surface area contributed by atoms with Crippen molar-refractivity contribution >= 4 is 38.6 Å². The summed E-state index contributed by atoms with van der Waals surface area (Å²) in [5, 5.41) is 0. The van der Waals surface area contributed by atoms with Crippen molar-refractivity contribution in [3.05, 3.63) is 0 Å². The number of amides is 3. The molecule has 0 aromatic heterocycles. The Bertz CT molecular complexity index is 521. The van der Waals surface area contributed by atoms with Gasteiger partial charge in [-0.25, -0.2) is 10.9 Å². The lowest BCUT2D eigenvalue weighted by Crippen LogP contribution is -2.58. The predicted octanol–water partition coefficient (Wildman–Crippen LogP) is -0.0649. The van der Waals surface area contributed by atoms with Crippen molar-refractivity contribution in [3.8, 4) is 0 Å². The van der Waals surface area contributed by atoms with Crippen LogP contribution in [-0.4, -0.2) is 62.4 Å². The van der Waals surface area contributed by atoms with Gasteiger partial charge in [-0.3, -0.25) is 14.4 Å². The maximum atomic E-state index is 11.6.